The van der Waals surface area contributed by atoms with Crippen LogP contribution >= 0.6 is 0 Å². The van der Waals surface area contributed by atoms with E-state index in [-0.39, 0.29) is 43.7 Å². The van der Waals surface area contributed by atoms with Gasteiger partial charge in [-0.1, -0.05) is 25.0 Å². The topological polar surface area (TPSA) is 146 Å². The molecule has 1 aliphatic carbocycles. The number of aromatic nitrogens is 2. The summed E-state index contributed by atoms with van der Waals surface area (Å²) in [6, 6.07) is 4.38. The van der Waals surface area contributed by atoms with Crippen molar-refractivity contribution in [2.45, 2.75) is 109 Å². The molecule has 272 valence electrons. The van der Waals surface area contributed by atoms with Crippen LogP contribution in [0.1, 0.15) is 84.8 Å². The van der Waals surface area contributed by atoms with Gasteiger partial charge in [0.25, 0.3) is 0 Å². The highest BCUT2D eigenvalue weighted by molar-refractivity contribution is 5.96. The minimum atomic E-state index is -1.25. The van der Waals surface area contributed by atoms with E-state index in [0.717, 1.165) is 19.3 Å². The van der Waals surface area contributed by atoms with Crippen LogP contribution in [0, 0.1) is 18.8 Å². The highest BCUT2D eigenvalue weighted by atomic mass is 16.6. The van der Waals surface area contributed by atoms with Gasteiger partial charge >= 0.3 is 11.9 Å². The van der Waals surface area contributed by atoms with Crippen molar-refractivity contribution in [2.75, 3.05) is 20.3 Å². The van der Waals surface area contributed by atoms with Crippen molar-refractivity contribution in [3.63, 3.8) is 0 Å². The number of carbonyl (C=O) groups is 4. The number of allylic oxidation sites excluding steroid dienone is 1. The number of hydrogen-bond donors (Lipinski definition) is 1. The molecule has 2 fully saturated rings. The van der Waals surface area contributed by atoms with Crippen molar-refractivity contribution in [3.05, 3.63) is 49.2 Å². The van der Waals surface area contributed by atoms with Crippen LogP contribution in [0.3, 0.4) is 0 Å². The summed E-state index contributed by atoms with van der Waals surface area (Å²) in [5.41, 5.74) is -0.189. The quantitative estimate of drug-likeness (QED) is 0.130. The van der Waals surface area contributed by atoms with Crippen LogP contribution in [-0.4, -0.2) is 82.2 Å². The molecule has 12 heteroatoms. The van der Waals surface area contributed by atoms with Gasteiger partial charge in [-0.2, -0.15) is 0 Å². The van der Waals surface area contributed by atoms with E-state index < -0.39 is 47.0 Å². The monoisotopic (exact) mass is 692 g/mol. The van der Waals surface area contributed by atoms with Crippen molar-refractivity contribution >= 4 is 34.8 Å². The summed E-state index contributed by atoms with van der Waals surface area (Å²) in [4.78, 5) is 65.4. The second kappa shape index (κ2) is 16.5. The number of methoxy groups -OCH3 is 1. The third kappa shape index (κ3) is 9.39. The fraction of sp³-hybridized carbons (Fsp3) is 0.579. The van der Waals surface area contributed by atoms with Gasteiger partial charge in [-0.05, 0) is 72.4 Å². The molecular weight excluding hydrogens is 640 g/mol. The van der Waals surface area contributed by atoms with Gasteiger partial charge in [0, 0.05) is 24.3 Å². The molecule has 4 rings (SSSR count). The van der Waals surface area contributed by atoms with Gasteiger partial charge < -0.3 is 29.2 Å². The van der Waals surface area contributed by atoms with Gasteiger partial charge in [-0.15, -0.1) is 13.2 Å². The van der Waals surface area contributed by atoms with E-state index in [1.54, 1.807) is 59.9 Å². The van der Waals surface area contributed by atoms with Gasteiger partial charge in [-0.25, -0.2) is 14.8 Å². The number of fused-ring (bicyclic) bond motifs is 1. The molecule has 1 saturated heterocycles. The zero-order chi connectivity index (χ0) is 36.6. The Balaban J connectivity index is 1.63. The molecule has 2 heterocycles. The standard InChI is InChI=1S/C38H52N4O8/c1-9-12-13-14-15-16-25(19-32(43)50-37(5,6)7)35(45)42-23-28(49-34-24(4)39-29-18-17-27(47-8)20-30(29)40-34)21-31(42)33(44)41-38(22-26(38)10-2)36(46)48-11-3/h9-10,17-18,20,25-26,28,31H,1-2,11-16,19,21-23H2,3-8H3,(H,41,44)/t25-,26-,28-,31+,38-/m1/s1. The van der Waals surface area contributed by atoms with E-state index in [4.69, 9.17) is 18.9 Å². The summed E-state index contributed by atoms with van der Waals surface area (Å²) in [6.45, 7) is 16.6. The fourth-order valence-electron chi connectivity index (χ4n) is 6.43. The molecule has 0 bridgehead atoms. The maximum atomic E-state index is 14.4. The number of amides is 2. The summed E-state index contributed by atoms with van der Waals surface area (Å²) in [5.74, 6) is -2.02. The number of benzene rings is 1. The number of carbonyl (C=O) groups excluding carboxylic acids is 4. The fourth-order valence-corrected chi connectivity index (χ4v) is 6.43. The van der Waals surface area contributed by atoms with Crippen molar-refractivity contribution in [1.82, 2.24) is 20.2 Å². The minimum absolute atomic E-state index is 0.0623. The second-order valence-electron chi connectivity index (χ2n) is 14.1. The number of aryl methyl sites for hydroxylation is 1. The maximum Gasteiger partial charge on any atom is 0.332 e. The van der Waals surface area contributed by atoms with Crippen molar-refractivity contribution < 1.29 is 38.1 Å². The highest BCUT2D eigenvalue weighted by Crippen LogP contribution is 2.46. The smallest absolute Gasteiger partial charge is 0.332 e. The Labute approximate surface area is 295 Å². The Morgan fingerprint density at radius 2 is 1.88 bits per heavy atom. The number of rotatable bonds is 17. The predicted octanol–water partition coefficient (Wildman–Crippen LogP) is 5.40. The maximum absolute atomic E-state index is 14.4. The minimum Gasteiger partial charge on any atom is -0.497 e. The second-order valence-corrected chi connectivity index (χ2v) is 14.1. The number of unbranched alkanes of at least 4 members (excludes halogenated alkanes) is 3. The molecule has 1 aliphatic heterocycles. The molecule has 1 aromatic heterocycles. The zero-order valence-electron chi connectivity index (χ0n) is 30.3. The van der Waals surface area contributed by atoms with Crippen LogP contribution in [-0.2, 0) is 28.7 Å². The van der Waals surface area contributed by atoms with E-state index in [1.165, 1.54) is 4.90 Å². The summed E-state index contributed by atoms with van der Waals surface area (Å²) >= 11 is 0. The molecule has 2 aliphatic rings. The van der Waals surface area contributed by atoms with E-state index in [1.807, 2.05) is 12.1 Å². The SMILES string of the molecule is C=CCCCCC[C@H](CC(=O)OC(C)(C)C)C(=O)N1C[C@H](Oc2nc3cc(OC)ccc3nc2C)C[C@H]1C(=O)N[C@]1(C(=O)OCC)C[C@H]1C=C. The van der Waals surface area contributed by atoms with Crippen LogP contribution in [0.25, 0.3) is 11.0 Å². The number of nitrogens with one attached hydrogen (secondary N) is 1. The van der Waals surface area contributed by atoms with Gasteiger partial charge in [0.05, 0.1) is 37.7 Å². The molecule has 1 N–H and O–H groups in total. The first-order valence-electron chi connectivity index (χ1n) is 17.5. The molecule has 12 nitrogen and oxygen atoms in total. The van der Waals surface area contributed by atoms with E-state index in [0.29, 0.717) is 41.7 Å². The van der Waals surface area contributed by atoms with Crippen LogP contribution in [0.2, 0.25) is 0 Å². The average molecular weight is 693 g/mol. The largest absolute Gasteiger partial charge is 0.497 e. The lowest BCUT2D eigenvalue weighted by Gasteiger charge is -2.29. The molecule has 1 aromatic carbocycles. The van der Waals surface area contributed by atoms with Crippen molar-refractivity contribution in [1.29, 1.82) is 0 Å². The van der Waals surface area contributed by atoms with Crippen molar-refractivity contribution in [3.8, 4) is 11.6 Å². The Hall–Kier alpha value is -4.48. The molecule has 2 aromatic rings. The molecule has 0 unspecified atom stereocenters. The van der Waals surface area contributed by atoms with Crippen LogP contribution in [0.4, 0.5) is 0 Å². The summed E-state index contributed by atoms with van der Waals surface area (Å²) in [5, 5.41) is 2.91. The molecular formula is C38H52N4O8. The lowest BCUT2D eigenvalue weighted by Crippen LogP contribution is -2.54. The van der Waals surface area contributed by atoms with Crippen LogP contribution < -0.4 is 14.8 Å². The molecule has 1 saturated carbocycles. The summed E-state index contributed by atoms with van der Waals surface area (Å²) in [7, 11) is 1.57. The highest BCUT2D eigenvalue weighted by Gasteiger charge is 2.62. The Morgan fingerprint density at radius 1 is 1.12 bits per heavy atom. The number of esters is 2. The Bertz CT molecular complexity index is 1590. The Kier molecular flexibility index (Phi) is 12.6. The lowest BCUT2D eigenvalue weighted by atomic mass is 9.95. The van der Waals surface area contributed by atoms with Gasteiger partial charge in [0.2, 0.25) is 17.7 Å². The Morgan fingerprint density at radius 3 is 2.52 bits per heavy atom. The number of nitrogens with zero attached hydrogens (tertiary/aromatic N) is 3. The van der Waals surface area contributed by atoms with E-state index in [2.05, 4.69) is 28.4 Å². The third-order valence-electron chi connectivity index (χ3n) is 9.06. The lowest BCUT2D eigenvalue weighted by molar-refractivity contribution is -0.159. The first-order valence-corrected chi connectivity index (χ1v) is 17.5. The van der Waals surface area contributed by atoms with E-state index >= 15 is 0 Å². The van der Waals surface area contributed by atoms with Gasteiger partial charge in [0.15, 0.2) is 0 Å². The normalized spacial score (nSPS) is 22.0. The molecule has 5 atom stereocenters. The zero-order valence-corrected chi connectivity index (χ0v) is 30.3. The predicted molar refractivity (Wildman–Crippen MR) is 188 cm³/mol. The third-order valence-corrected chi connectivity index (χ3v) is 9.06. The van der Waals surface area contributed by atoms with E-state index in [9.17, 15) is 19.2 Å². The van der Waals surface area contributed by atoms with Gasteiger partial charge in [0.1, 0.15) is 34.7 Å². The van der Waals surface area contributed by atoms with Crippen LogP contribution in [0.5, 0.6) is 11.6 Å². The number of hydrogen-bond acceptors (Lipinski definition) is 10. The molecule has 0 spiro atoms. The summed E-state index contributed by atoms with van der Waals surface area (Å²) < 4.78 is 22.6. The summed E-state index contributed by atoms with van der Waals surface area (Å²) in [6.07, 6.45) is 6.98. The molecule has 0 radical (unpaired) electrons. The molecule has 50 heavy (non-hydrogen) atoms. The van der Waals surface area contributed by atoms with Crippen LogP contribution in [0.15, 0.2) is 43.5 Å². The van der Waals surface area contributed by atoms with Crippen molar-refractivity contribution in [2.24, 2.45) is 11.8 Å². The first kappa shape index (κ1) is 38.3. The number of likely N-dealkylation sites (tertiary alicyclic amines) is 1. The first-order chi connectivity index (χ1) is 23.7. The molecule has 2 amide bonds. The number of ether oxygens (including phenoxy) is 4. The van der Waals surface area contributed by atoms with Gasteiger partial charge in [-0.3, -0.25) is 14.4 Å². The average Bonchev–Trinajstić information content (AvgIpc) is 3.62.